The zero-order valence-electron chi connectivity index (χ0n) is 11.9. The van der Waals surface area contributed by atoms with Crippen LogP contribution < -0.4 is 10.6 Å². The molecule has 2 nitrogen and oxygen atoms in total. The maximum atomic E-state index is 3.87. The highest BCUT2D eigenvalue weighted by Crippen LogP contribution is 2.37. The largest absolute Gasteiger partial charge is 0.312 e. The molecule has 100 valence electrons. The highest BCUT2D eigenvalue weighted by Gasteiger charge is 2.39. The molecule has 0 aromatic heterocycles. The smallest absolute Gasteiger partial charge is 0.0224 e. The molecule has 2 heteroatoms. The zero-order valence-corrected chi connectivity index (χ0v) is 11.9. The molecule has 2 N–H and O–H groups in total. The molecule has 2 aliphatic rings. The SMILES string of the molecule is CCC(CC)(CC)NCC1NCC2CCCC21. The Bertz CT molecular complexity index is 227. The van der Waals surface area contributed by atoms with E-state index in [-0.39, 0.29) is 0 Å². The fourth-order valence-corrected chi connectivity index (χ4v) is 3.98. The van der Waals surface area contributed by atoms with Crippen LogP contribution in [0.3, 0.4) is 0 Å². The lowest BCUT2D eigenvalue weighted by molar-refractivity contribution is 0.264. The Morgan fingerprint density at radius 1 is 1.12 bits per heavy atom. The molecule has 0 spiro atoms. The Labute approximate surface area is 107 Å². The van der Waals surface area contributed by atoms with Crippen LogP contribution in [0.15, 0.2) is 0 Å². The number of hydrogen-bond donors (Lipinski definition) is 2. The van der Waals surface area contributed by atoms with E-state index in [1.807, 2.05) is 0 Å². The molecule has 0 bridgehead atoms. The average Bonchev–Trinajstić information content (AvgIpc) is 2.95. The predicted molar refractivity (Wildman–Crippen MR) is 74.2 cm³/mol. The van der Waals surface area contributed by atoms with Crippen molar-refractivity contribution >= 4 is 0 Å². The van der Waals surface area contributed by atoms with Gasteiger partial charge < -0.3 is 10.6 Å². The first kappa shape index (κ1) is 13.4. The summed E-state index contributed by atoms with van der Waals surface area (Å²) in [5.74, 6) is 1.95. The average molecular weight is 238 g/mol. The topological polar surface area (TPSA) is 24.1 Å². The number of nitrogens with one attached hydrogen (secondary N) is 2. The second-order valence-corrected chi connectivity index (χ2v) is 6.09. The first-order chi connectivity index (χ1) is 8.24. The van der Waals surface area contributed by atoms with E-state index in [0.29, 0.717) is 5.54 Å². The van der Waals surface area contributed by atoms with Gasteiger partial charge in [0.1, 0.15) is 0 Å². The minimum atomic E-state index is 0.387. The van der Waals surface area contributed by atoms with Crippen molar-refractivity contribution in [3.8, 4) is 0 Å². The third-order valence-corrected chi connectivity index (χ3v) is 5.60. The van der Waals surface area contributed by atoms with Crippen LogP contribution in [0, 0.1) is 11.8 Å². The Kier molecular flexibility index (Phi) is 4.48. The van der Waals surface area contributed by atoms with Crippen molar-refractivity contribution in [2.75, 3.05) is 13.1 Å². The van der Waals surface area contributed by atoms with Crippen molar-refractivity contribution in [1.82, 2.24) is 10.6 Å². The molecular weight excluding hydrogens is 208 g/mol. The van der Waals surface area contributed by atoms with Crippen LogP contribution in [0.1, 0.15) is 59.3 Å². The molecule has 3 atom stereocenters. The highest BCUT2D eigenvalue weighted by molar-refractivity contribution is 4.96. The van der Waals surface area contributed by atoms with Gasteiger partial charge in [-0.25, -0.2) is 0 Å². The van der Waals surface area contributed by atoms with E-state index >= 15 is 0 Å². The molecule has 17 heavy (non-hydrogen) atoms. The van der Waals surface area contributed by atoms with Gasteiger partial charge in [0.2, 0.25) is 0 Å². The van der Waals surface area contributed by atoms with Gasteiger partial charge in [0.15, 0.2) is 0 Å². The molecule has 0 radical (unpaired) electrons. The van der Waals surface area contributed by atoms with Gasteiger partial charge in [0, 0.05) is 18.1 Å². The number of hydrogen-bond acceptors (Lipinski definition) is 2. The fraction of sp³-hybridized carbons (Fsp3) is 1.00. The van der Waals surface area contributed by atoms with E-state index in [2.05, 4.69) is 31.4 Å². The Morgan fingerprint density at radius 3 is 2.47 bits per heavy atom. The number of fused-ring (bicyclic) bond motifs is 1. The van der Waals surface area contributed by atoms with Gasteiger partial charge >= 0.3 is 0 Å². The van der Waals surface area contributed by atoms with Crippen molar-refractivity contribution in [2.45, 2.75) is 70.9 Å². The Hall–Kier alpha value is -0.0800. The van der Waals surface area contributed by atoms with Gasteiger partial charge in [-0.3, -0.25) is 0 Å². The van der Waals surface area contributed by atoms with Crippen molar-refractivity contribution in [3.05, 3.63) is 0 Å². The van der Waals surface area contributed by atoms with Gasteiger partial charge in [-0.2, -0.15) is 0 Å². The van der Waals surface area contributed by atoms with Crippen LogP contribution in [0.25, 0.3) is 0 Å². The van der Waals surface area contributed by atoms with Gasteiger partial charge in [-0.1, -0.05) is 27.2 Å². The molecule has 1 aliphatic carbocycles. The molecule has 0 amide bonds. The second kappa shape index (κ2) is 5.71. The molecule has 1 saturated carbocycles. The predicted octanol–water partition coefficient (Wildman–Crippen LogP) is 2.93. The van der Waals surface area contributed by atoms with E-state index in [4.69, 9.17) is 0 Å². The first-order valence-electron chi connectivity index (χ1n) is 7.73. The van der Waals surface area contributed by atoms with Gasteiger partial charge in [0.25, 0.3) is 0 Å². The lowest BCUT2D eigenvalue weighted by Gasteiger charge is -2.34. The fourth-order valence-electron chi connectivity index (χ4n) is 3.98. The summed E-state index contributed by atoms with van der Waals surface area (Å²) in [6, 6.07) is 0.742. The van der Waals surface area contributed by atoms with E-state index in [0.717, 1.165) is 17.9 Å². The summed E-state index contributed by atoms with van der Waals surface area (Å²) in [6.07, 6.45) is 8.15. The minimum Gasteiger partial charge on any atom is -0.312 e. The standard InChI is InChI=1S/C15H30N2/c1-4-15(5-2,6-3)17-11-14-13-9-7-8-12(13)10-16-14/h12-14,16-17H,4-11H2,1-3H3. The molecule has 0 aromatic carbocycles. The molecule has 1 saturated heterocycles. The van der Waals surface area contributed by atoms with Crippen molar-refractivity contribution in [2.24, 2.45) is 11.8 Å². The summed E-state index contributed by atoms with van der Waals surface area (Å²) in [5, 5.41) is 7.62. The molecule has 1 heterocycles. The number of rotatable bonds is 6. The lowest BCUT2D eigenvalue weighted by Crippen LogP contribution is -2.49. The monoisotopic (exact) mass is 238 g/mol. The van der Waals surface area contributed by atoms with Crippen LogP contribution in [0.5, 0.6) is 0 Å². The molecule has 3 unspecified atom stereocenters. The Morgan fingerprint density at radius 2 is 1.82 bits per heavy atom. The third kappa shape index (κ3) is 2.68. The summed E-state index contributed by atoms with van der Waals surface area (Å²) in [6.45, 7) is 9.41. The zero-order chi connectivity index (χ0) is 12.3. The third-order valence-electron chi connectivity index (χ3n) is 5.60. The second-order valence-electron chi connectivity index (χ2n) is 6.09. The molecule has 1 aliphatic heterocycles. The first-order valence-corrected chi connectivity index (χ1v) is 7.73. The van der Waals surface area contributed by atoms with E-state index in [1.54, 1.807) is 0 Å². The van der Waals surface area contributed by atoms with Crippen molar-refractivity contribution < 1.29 is 0 Å². The van der Waals surface area contributed by atoms with Gasteiger partial charge in [0.05, 0.1) is 0 Å². The molecular formula is C15H30N2. The quantitative estimate of drug-likeness (QED) is 0.743. The maximum Gasteiger partial charge on any atom is 0.0224 e. The van der Waals surface area contributed by atoms with Crippen LogP contribution in [0.2, 0.25) is 0 Å². The molecule has 2 fully saturated rings. The van der Waals surface area contributed by atoms with Crippen LogP contribution in [0.4, 0.5) is 0 Å². The van der Waals surface area contributed by atoms with Gasteiger partial charge in [-0.05, 0) is 50.5 Å². The maximum absolute atomic E-state index is 3.87. The summed E-state index contributed by atoms with van der Waals surface area (Å²) in [5.41, 5.74) is 0.387. The van der Waals surface area contributed by atoms with E-state index in [1.165, 1.54) is 51.6 Å². The van der Waals surface area contributed by atoms with Crippen LogP contribution in [-0.4, -0.2) is 24.7 Å². The Balaban J connectivity index is 1.85. The van der Waals surface area contributed by atoms with E-state index in [9.17, 15) is 0 Å². The van der Waals surface area contributed by atoms with E-state index < -0.39 is 0 Å². The molecule has 0 aromatic rings. The van der Waals surface area contributed by atoms with Crippen molar-refractivity contribution in [1.29, 1.82) is 0 Å². The van der Waals surface area contributed by atoms with Crippen LogP contribution >= 0.6 is 0 Å². The summed E-state index contributed by atoms with van der Waals surface area (Å²) in [4.78, 5) is 0. The minimum absolute atomic E-state index is 0.387. The summed E-state index contributed by atoms with van der Waals surface area (Å²) >= 11 is 0. The normalized spacial score (nSPS) is 33.0. The summed E-state index contributed by atoms with van der Waals surface area (Å²) < 4.78 is 0. The highest BCUT2D eigenvalue weighted by atomic mass is 15.1. The van der Waals surface area contributed by atoms with Crippen LogP contribution in [-0.2, 0) is 0 Å². The summed E-state index contributed by atoms with van der Waals surface area (Å²) in [7, 11) is 0. The molecule has 2 rings (SSSR count). The lowest BCUT2D eigenvalue weighted by atomic mass is 9.88. The van der Waals surface area contributed by atoms with Gasteiger partial charge in [-0.15, -0.1) is 0 Å². The van der Waals surface area contributed by atoms with Crippen molar-refractivity contribution in [3.63, 3.8) is 0 Å².